The van der Waals surface area contributed by atoms with Gasteiger partial charge in [0.15, 0.2) is 0 Å². The lowest BCUT2D eigenvalue weighted by molar-refractivity contribution is -0.134. The predicted molar refractivity (Wildman–Crippen MR) is 128 cm³/mol. The van der Waals surface area contributed by atoms with Gasteiger partial charge in [0.1, 0.15) is 6.04 Å². The molecule has 2 saturated heterocycles. The number of rotatable bonds is 5. The molecule has 4 rings (SSSR count). The highest BCUT2D eigenvalue weighted by Crippen LogP contribution is 2.25. The Balaban J connectivity index is 1.45. The quantitative estimate of drug-likeness (QED) is 0.762. The Labute approximate surface area is 196 Å². The van der Waals surface area contributed by atoms with Crippen LogP contribution in [0, 0.1) is 19.8 Å². The number of hydrogen-bond donors (Lipinski definition) is 1. The van der Waals surface area contributed by atoms with E-state index in [0.717, 1.165) is 37.1 Å². The Hall–Kier alpha value is -3.15. The van der Waals surface area contributed by atoms with Crippen molar-refractivity contribution in [3.8, 4) is 0 Å². The van der Waals surface area contributed by atoms with Crippen molar-refractivity contribution in [1.82, 2.24) is 15.1 Å². The van der Waals surface area contributed by atoms with Gasteiger partial charge in [0, 0.05) is 37.3 Å². The van der Waals surface area contributed by atoms with Crippen molar-refractivity contribution in [2.45, 2.75) is 45.6 Å². The minimum atomic E-state index is -0.562. The van der Waals surface area contributed by atoms with Gasteiger partial charge in [0.25, 0.3) is 11.8 Å². The number of amides is 3. The number of likely N-dealkylation sites (tertiary alicyclic amines) is 2. The lowest BCUT2D eigenvalue weighted by Crippen LogP contribution is -2.54. The Bertz CT molecular complexity index is 986. The Kier molecular flexibility index (Phi) is 7.11. The second-order valence-corrected chi connectivity index (χ2v) is 9.35. The highest BCUT2D eigenvalue weighted by Gasteiger charge is 2.37. The minimum Gasteiger partial charge on any atom is -0.341 e. The molecule has 174 valence electrons. The van der Waals surface area contributed by atoms with Crippen LogP contribution in [0.15, 0.2) is 48.5 Å². The molecule has 6 heteroatoms. The molecule has 0 aromatic heterocycles. The second kappa shape index (κ2) is 10.2. The third-order valence-electron chi connectivity index (χ3n) is 6.88. The molecule has 0 spiro atoms. The van der Waals surface area contributed by atoms with Gasteiger partial charge in [0.05, 0.1) is 0 Å². The summed E-state index contributed by atoms with van der Waals surface area (Å²) in [5.41, 5.74) is 3.46. The SMILES string of the molecule is Cc1ccc(C(=O)NC(C(=O)N2CCCC2)C2CCN(C(=O)c3ccc(C)cc3)CC2)cc1. The van der Waals surface area contributed by atoms with Crippen molar-refractivity contribution in [3.05, 3.63) is 70.8 Å². The van der Waals surface area contributed by atoms with Crippen LogP contribution in [0.4, 0.5) is 0 Å². The van der Waals surface area contributed by atoms with Crippen LogP contribution < -0.4 is 5.32 Å². The zero-order chi connectivity index (χ0) is 23.4. The van der Waals surface area contributed by atoms with Gasteiger partial charge >= 0.3 is 0 Å². The van der Waals surface area contributed by atoms with E-state index in [-0.39, 0.29) is 23.6 Å². The van der Waals surface area contributed by atoms with Gasteiger partial charge in [-0.15, -0.1) is 0 Å². The first kappa shape index (κ1) is 23.0. The van der Waals surface area contributed by atoms with Gasteiger partial charge in [0.2, 0.25) is 5.91 Å². The van der Waals surface area contributed by atoms with Gasteiger partial charge in [-0.2, -0.15) is 0 Å². The van der Waals surface area contributed by atoms with Crippen molar-refractivity contribution >= 4 is 17.7 Å². The number of nitrogens with one attached hydrogen (secondary N) is 1. The number of benzene rings is 2. The lowest BCUT2D eigenvalue weighted by atomic mass is 9.88. The van der Waals surface area contributed by atoms with Crippen LogP contribution in [0.3, 0.4) is 0 Å². The largest absolute Gasteiger partial charge is 0.341 e. The lowest BCUT2D eigenvalue weighted by Gasteiger charge is -2.37. The molecule has 2 aromatic rings. The molecule has 2 fully saturated rings. The first-order valence-electron chi connectivity index (χ1n) is 11.9. The molecular formula is C27H33N3O3. The maximum atomic E-state index is 13.4. The fourth-order valence-electron chi connectivity index (χ4n) is 4.76. The molecule has 1 atom stereocenters. The van der Waals surface area contributed by atoms with Crippen LogP contribution in [-0.2, 0) is 4.79 Å². The molecule has 2 heterocycles. The summed E-state index contributed by atoms with van der Waals surface area (Å²) in [4.78, 5) is 43.0. The van der Waals surface area contributed by atoms with E-state index in [1.807, 2.05) is 60.0 Å². The molecule has 0 bridgehead atoms. The van der Waals surface area contributed by atoms with Gasteiger partial charge in [-0.3, -0.25) is 14.4 Å². The van der Waals surface area contributed by atoms with Crippen LogP contribution in [-0.4, -0.2) is 59.7 Å². The van der Waals surface area contributed by atoms with E-state index >= 15 is 0 Å². The number of carbonyl (C=O) groups is 3. The van der Waals surface area contributed by atoms with Crippen molar-refractivity contribution in [1.29, 1.82) is 0 Å². The molecule has 2 aliphatic heterocycles. The highest BCUT2D eigenvalue weighted by molar-refractivity contribution is 5.98. The first-order chi connectivity index (χ1) is 15.9. The van der Waals surface area contributed by atoms with Gasteiger partial charge in [-0.05, 0) is 69.7 Å². The predicted octanol–water partition coefficient (Wildman–Crippen LogP) is 3.58. The normalized spacial score (nSPS) is 17.6. The first-order valence-corrected chi connectivity index (χ1v) is 11.9. The molecule has 0 radical (unpaired) electrons. The second-order valence-electron chi connectivity index (χ2n) is 9.35. The summed E-state index contributed by atoms with van der Waals surface area (Å²) < 4.78 is 0. The van der Waals surface area contributed by atoms with Crippen molar-refractivity contribution < 1.29 is 14.4 Å². The number of hydrogen-bond acceptors (Lipinski definition) is 3. The maximum absolute atomic E-state index is 13.4. The number of aryl methyl sites for hydroxylation is 2. The third kappa shape index (κ3) is 5.44. The van der Waals surface area contributed by atoms with Crippen LogP contribution in [0.1, 0.15) is 57.5 Å². The fraction of sp³-hybridized carbons (Fsp3) is 0.444. The summed E-state index contributed by atoms with van der Waals surface area (Å²) >= 11 is 0. The Morgan fingerprint density at radius 2 is 1.27 bits per heavy atom. The number of piperidine rings is 1. The minimum absolute atomic E-state index is 0.00886. The monoisotopic (exact) mass is 447 g/mol. The van der Waals surface area contributed by atoms with Crippen LogP contribution in [0.25, 0.3) is 0 Å². The van der Waals surface area contributed by atoms with Crippen LogP contribution in [0.2, 0.25) is 0 Å². The Morgan fingerprint density at radius 1 is 0.758 bits per heavy atom. The zero-order valence-corrected chi connectivity index (χ0v) is 19.5. The molecule has 2 aliphatic rings. The van der Waals surface area contributed by atoms with E-state index in [9.17, 15) is 14.4 Å². The average Bonchev–Trinajstić information content (AvgIpc) is 3.38. The summed E-state index contributed by atoms with van der Waals surface area (Å²) in [5.74, 6) is -0.170. The summed E-state index contributed by atoms with van der Waals surface area (Å²) in [6.07, 6.45) is 3.40. The summed E-state index contributed by atoms with van der Waals surface area (Å²) in [6, 6.07) is 14.5. The van der Waals surface area contributed by atoms with E-state index in [2.05, 4.69) is 5.32 Å². The topological polar surface area (TPSA) is 69.7 Å². The average molecular weight is 448 g/mol. The third-order valence-corrected chi connectivity index (χ3v) is 6.88. The molecule has 2 aromatic carbocycles. The van der Waals surface area contributed by atoms with Gasteiger partial charge < -0.3 is 15.1 Å². The summed E-state index contributed by atoms with van der Waals surface area (Å²) in [5, 5.41) is 3.05. The maximum Gasteiger partial charge on any atom is 0.253 e. The van der Waals surface area contributed by atoms with Crippen LogP contribution in [0.5, 0.6) is 0 Å². The Morgan fingerprint density at radius 3 is 1.82 bits per heavy atom. The molecule has 3 amide bonds. The summed E-state index contributed by atoms with van der Waals surface area (Å²) in [6.45, 7) is 6.65. The molecule has 0 aliphatic carbocycles. The van der Waals surface area contributed by atoms with Crippen molar-refractivity contribution in [2.75, 3.05) is 26.2 Å². The molecular weight excluding hydrogens is 414 g/mol. The molecule has 33 heavy (non-hydrogen) atoms. The smallest absolute Gasteiger partial charge is 0.253 e. The standard InChI is InChI=1S/C27H33N3O3/c1-19-5-9-22(10-6-19)25(31)28-24(27(33)29-15-3-4-16-29)21-13-17-30(18-14-21)26(32)23-11-7-20(2)8-12-23/h5-12,21,24H,3-4,13-18H2,1-2H3,(H,28,31). The number of carbonyl (C=O) groups excluding carboxylic acids is 3. The van der Waals surface area contributed by atoms with Crippen molar-refractivity contribution in [3.63, 3.8) is 0 Å². The number of nitrogens with zero attached hydrogens (tertiary/aromatic N) is 2. The van der Waals surface area contributed by atoms with Crippen LogP contribution >= 0.6 is 0 Å². The van der Waals surface area contributed by atoms with E-state index in [0.29, 0.717) is 37.1 Å². The van der Waals surface area contributed by atoms with E-state index in [4.69, 9.17) is 0 Å². The van der Waals surface area contributed by atoms with E-state index in [1.54, 1.807) is 12.1 Å². The molecule has 6 nitrogen and oxygen atoms in total. The summed E-state index contributed by atoms with van der Waals surface area (Å²) in [7, 11) is 0. The van der Waals surface area contributed by atoms with Gasteiger partial charge in [-0.25, -0.2) is 0 Å². The fourth-order valence-corrected chi connectivity index (χ4v) is 4.76. The van der Waals surface area contributed by atoms with Gasteiger partial charge in [-0.1, -0.05) is 35.4 Å². The van der Waals surface area contributed by atoms with E-state index in [1.165, 1.54) is 0 Å². The van der Waals surface area contributed by atoms with Crippen molar-refractivity contribution in [2.24, 2.45) is 5.92 Å². The molecule has 0 saturated carbocycles. The highest BCUT2D eigenvalue weighted by atomic mass is 16.2. The zero-order valence-electron chi connectivity index (χ0n) is 19.5. The van der Waals surface area contributed by atoms with E-state index < -0.39 is 6.04 Å². The molecule has 1 unspecified atom stereocenters. The molecule has 1 N–H and O–H groups in total.